The number of nitrogens with zero attached hydrogens (tertiary/aromatic N) is 1. The third kappa shape index (κ3) is 3.82. The van der Waals surface area contributed by atoms with Crippen molar-refractivity contribution in [3.8, 4) is 0 Å². The molecule has 0 radical (unpaired) electrons. The highest BCUT2D eigenvalue weighted by Gasteiger charge is 2.29. The van der Waals surface area contributed by atoms with E-state index in [1.54, 1.807) is 30.3 Å². The first kappa shape index (κ1) is 18.2. The molecule has 0 unspecified atom stereocenters. The minimum Gasteiger partial charge on any atom is -0.272 e. The molecule has 2 amide bonds. The number of aryl methyl sites for hydroxylation is 1. The average Bonchev–Trinajstić information content (AvgIpc) is 2.52. The number of sulfonamides is 1. The summed E-state index contributed by atoms with van der Waals surface area (Å²) in [4.78, 5) is 24.0. The Hall–Kier alpha value is -2.19. The number of hydrogen-bond acceptors (Lipinski definition) is 4. The van der Waals surface area contributed by atoms with Crippen LogP contribution in [-0.4, -0.2) is 24.6 Å². The zero-order valence-corrected chi connectivity index (χ0v) is 15.4. The molecule has 0 aromatic heterocycles. The number of nitrogens with one attached hydrogen (secondary N) is 1. The first-order valence-electron chi connectivity index (χ1n) is 6.91. The van der Waals surface area contributed by atoms with Crippen LogP contribution >= 0.6 is 15.9 Å². The van der Waals surface area contributed by atoms with Crippen molar-refractivity contribution in [3.63, 3.8) is 0 Å². The van der Waals surface area contributed by atoms with Crippen LogP contribution in [0.25, 0.3) is 0 Å². The number of halogens is 1. The zero-order chi connectivity index (χ0) is 17.9. The SMILES string of the molecule is CC(=O)N(NC(=O)c1ccccc1Br)S(=O)(=O)c1ccc(C)cc1. The van der Waals surface area contributed by atoms with Gasteiger partial charge in [-0.2, -0.15) is 8.42 Å². The minimum absolute atomic E-state index is 0.0873. The number of amides is 2. The maximum absolute atomic E-state index is 12.6. The van der Waals surface area contributed by atoms with E-state index >= 15 is 0 Å². The van der Waals surface area contributed by atoms with Gasteiger partial charge in [0.05, 0.1) is 10.5 Å². The average molecular weight is 411 g/mol. The fraction of sp³-hybridized carbons (Fsp3) is 0.125. The Morgan fingerprint density at radius 2 is 1.62 bits per heavy atom. The number of hydrogen-bond donors (Lipinski definition) is 1. The van der Waals surface area contributed by atoms with Crippen LogP contribution in [0, 0.1) is 6.92 Å². The van der Waals surface area contributed by atoms with Crippen molar-refractivity contribution in [2.45, 2.75) is 18.7 Å². The summed E-state index contributed by atoms with van der Waals surface area (Å²) in [5.74, 6) is -1.54. The molecule has 0 saturated carbocycles. The summed E-state index contributed by atoms with van der Waals surface area (Å²) >= 11 is 3.21. The van der Waals surface area contributed by atoms with Gasteiger partial charge < -0.3 is 0 Å². The lowest BCUT2D eigenvalue weighted by Crippen LogP contribution is -2.48. The van der Waals surface area contributed by atoms with E-state index in [1.165, 1.54) is 18.2 Å². The predicted molar refractivity (Wildman–Crippen MR) is 92.5 cm³/mol. The smallest absolute Gasteiger partial charge is 0.272 e. The van der Waals surface area contributed by atoms with E-state index in [0.29, 0.717) is 8.89 Å². The molecular weight excluding hydrogens is 396 g/mol. The molecule has 8 heteroatoms. The van der Waals surface area contributed by atoms with E-state index in [1.807, 2.05) is 6.92 Å². The maximum atomic E-state index is 12.6. The normalized spacial score (nSPS) is 11.0. The summed E-state index contributed by atoms with van der Waals surface area (Å²) in [6.45, 7) is 2.87. The Bertz CT molecular complexity index is 879. The van der Waals surface area contributed by atoms with E-state index in [0.717, 1.165) is 12.5 Å². The van der Waals surface area contributed by atoms with Gasteiger partial charge in [0, 0.05) is 11.4 Å². The van der Waals surface area contributed by atoms with Gasteiger partial charge in [-0.25, -0.2) is 5.43 Å². The quantitative estimate of drug-likeness (QED) is 0.788. The van der Waals surface area contributed by atoms with Crippen molar-refractivity contribution in [3.05, 3.63) is 64.1 Å². The van der Waals surface area contributed by atoms with Crippen LogP contribution in [0.3, 0.4) is 0 Å². The van der Waals surface area contributed by atoms with Gasteiger partial charge in [-0.3, -0.25) is 9.59 Å². The molecule has 0 fully saturated rings. The largest absolute Gasteiger partial charge is 0.284 e. The first-order valence-corrected chi connectivity index (χ1v) is 9.15. The van der Waals surface area contributed by atoms with Crippen LogP contribution in [0.1, 0.15) is 22.8 Å². The molecule has 0 spiro atoms. The molecule has 0 heterocycles. The van der Waals surface area contributed by atoms with Gasteiger partial charge in [-0.05, 0) is 47.1 Å². The highest BCUT2D eigenvalue weighted by Crippen LogP contribution is 2.18. The topological polar surface area (TPSA) is 83.6 Å². The van der Waals surface area contributed by atoms with E-state index in [4.69, 9.17) is 0 Å². The third-order valence-electron chi connectivity index (χ3n) is 3.17. The Morgan fingerprint density at radius 1 is 1.04 bits per heavy atom. The van der Waals surface area contributed by atoms with Crippen LogP contribution in [0.4, 0.5) is 0 Å². The molecule has 126 valence electrons. The summed E-state index contributed by atoms with van der Waals surface area (Å²) in [7, 11) is -4.20. The molecule has 0 aliphatic heterocycles. The third-order valence-corrected chi connectivity index (χ3v) is 5.56. The summed E-state index contributed by atoms with van der Waals surface area (Å²) in [5.41, 5.74) is 3.24. The van der Waals surface area contributed by atoms with E-state index in [9.17, 15) is 18.0 Å². The highest BCUT2D eigenvalue weighted by molar-refractivity contribution is 9.10. The zero-order valence-electron chi connectivity index (χ0n) is 13.0. The molecule has 0 atom stereocenters. The molecule has 0 bridgehead atoms. The summed E-state index contributed by atoms with van der Waals surface area (Å²) in [5, 5.41) is 0. The van der Waals surface area contributed by atoms with Gasteiger partial charge in [0.1, 0.15) is 0 Å². The molecule has 0 aliphatic rings. The summed E-state index contributed by atoms with van der Waals surface area (Å²) < 4.78 is 26.1. The fourth-order valence-corrected chi connectivity index (χ4v) is 3.62. The van der Waals surface area contributed by atoms with Gasteiger partial charge in [0.25, 0.3) is 21.8 Å². The number of carbonyl (C=O) groups excluding carboxylic acids is 2. The van der Waals surface area contributed by atoms with Crippen LogP contribution < -0.4 is 5.43 Å². The second kappa shape index (κ2) is 7.14. The molecular formula is C16H15BrN2O4S. The van der Waals surface area contributed by atoms with Crippen molar-refractivity contribution in [1.82, 2.24) is 9.84 Å². The number of rotatable bonds is 3. The van der Waals surface area contributed by atoms with Crippen molar-refractivity contribution >= 4 is 37.8 Å². The monoisotopic (exact) mass is 410 g/mol. The summed E-state index contributed by atoms with van der Waals surface area (Å²) in [6, 6.07) is 12.5. The molecule has 2 rings (SSSR count). The second-order valence-corrected chi connectivity index (χ2v) is 7.66. The lowest BCUT2D eigenvalue weighted by atomic mass is 10.2. The lowest BCUT2D eigenvalue weighted by molar-refractivity contribution is -0.125. The van der Waals surface area contributed by atoms with Crippen molar-refractivity contribution in [2.24, 2.45) is 0 Å². The Kier molecular flexibility index (Phi) is 5.40. The molecule has 2 aromatic carbocycles. The van der Waals surface area contributed by atoms with Gasteiger partial charge in [0.2, 0.25) is 0 Å². The molecule has 24 heavy (non-hydrogen) atoms. The minimum atomic E-state index is -4.20. The molecule has 6 nitrogen and oxygen atoms in total. The number of benzene rings is 2. The van der Waals surface area contributed by atoms with E-state index < -0.39 is 21.8 Å². The van der Waals surface area contributed by atoms with Crippen molar-refractivity contribution in [2.75, 3.05) is 0 Å². The maximum Gasteiger partial charge on any atom is 0.284 e. The number of hydrazine groups is 1. The van der Waals surface area contributed by atoms with Crippen molar-refractivity contribution in [1.29, 1.82) is 0 Å². The van der Waals surface area contributed by atoms with E-state index in [-0.39, 0.29) is 10.5 Å². The van der Waals surface area contributed by atoms with Crippen LogP contribution in [0.5, 0.6) is 0 Å². The Morgan fingerprint density at radius 3 is 2.17 bits per heavy atom. The summed E-state index contributed by atoms with van der Waals surface area (Å²) in [6.07, 6.45) is 0. The molecule has 1 N–H and O–H groups in total. The van der Waals surface area contributed by atoms with Crippen molar-refractivity contribution < 1.29 is 18.0 Å². The molecule has 2 aromatic rings. The number of carbonyl (C=O) groups is 2. The fourth-order valence-electron chi connectivity index (χ4n) is 1.92. The lowest BCUT2D eigenvalue weighted by Gasteiger charge is -2.21. The van der Waals surface area contributed by atoms with Crippen LogP contribution in [-0.2, 0) is 14.8 Å². The Balaban J connectivity index is 2.36. The van der Waals surface area contributed by atoms with E-state index in [2.05, 4.69) is 21.4 Å². The van der Waals surface area contributed by atoms with Gasteiger partial charge in [0.15, 0.2) is 0 Å². The van der Waals surface area contributed by atoms with Crippen LogP contribution in [0.2, 0.25) is 0 Å². The van der Waals surface area contributed by atoms with Gasteiger partial charge in [-0.1, -0.05) is 29.8 Å². The Labute approximate surface area is 148 Å². The standard InChI is InChI=1S/C16H15BrN2O4S/c1-11-7-9-13(10-8-11)24(22,23)19(12(2)20)18-16(21)14-5-3-4-6-15(14)17/h3-10H,1-2H3,(H,18,21). The predicted octanol–water partition coefficient (Wildman–Crippen LogP) is 2.64. The van der Waals surface area contributed by atoms with Crippen LogP contribution in [0.15, 0.2) is 57.9 Å². The van der Waals surface area contributed by atoms with Gasteiger partial charge >= 0.3 is 0 Å². The molecule has 0 saturated heterocycles. The second-order valence-electron chi connectivity index (χ2n) is 5.02. The van der Waals surface area contributed by atoms with Gasteiger partial charge in [-0.15, -0.1) is 4.41 Å². The molecule has 0 aliphatic carbocycles. The highest BCUT2D eigenvalue weighted by atomic mass is 79.9. The first-order chi connectivity index (χ1) is 11.2.